The van der Waals surface area contributed by atoms with Crippen LogP contribution in [-0.2, 0) is 4.74 Å². The van der Waals surface area contributed by atoms with Gasteiger partial charge >= 0.3 is 0 Å². The van der Waals surface area contributed by atoms with Gasteiger partial charge in [0.25, 0.3) is 5.91 Å². The van der Waals surface area contributed by atoms with Gasteiger partial charge in [-0.1, -0.05) is 24.3 Å². The van der Waals surface area contributed by atoms with Crippen LogP contribution in [0, 0.1) is 0 Å². The molecule has 0 unspecified atom stereocenters. The Morgan fingerprint density at radius 2 is 2.08 bits per heavy atom. The number of carbonyl (C=O) groups is 1. The quantitative estimate of drug-likeness (QED) is 0.756. The summed E-state index contributed by atoms with van der Waals surface area (Å²) < 4.78 is 11.3. The lowest BCUT2D eigenvalue weighted by Crippen LogP contribution is -2.17. The van der Waals surface area contributed by atoms with Gasteiger partial charge in [-0.15, -0.1) is 0 Å². The summed E-state index contributed by atoms with van der Waals surface area (Å²) in [5.41, 5.74) is 1.38. The summed E-state index contributed by atoms with van der Waals surface area (Å²) in [5, 5.41) is 3.88. The van der Waals surface area contributed by atoms with E-state index in [9.17, 15) is 4.79 Å². The fraction of sp³-hybridized carbons (Fsp3) is 0.238. The number of fused-ring (bicyclic) bond motifs is 1. The molecule has 0 aliphatic carbocycles. The molecule has 3 aromatic rings. The first-order valence-electron chi connectivity index (χ1n) is 8.79. The number of amides is 1. The number of aromatic nitrogens is 1. The maximum absolute atomic E-state index is 12.5. The number of ether oxygens (including phenoxy) is 2. The van der Waals surface area contributed by atoms with Crippen molar-refractivity contribution < 1.29 is 14.3 Å². The molecule has 2 aromatic carbocycles. The molecule has 1 aliphatic rings. The molecule has 1 saturated heterocycles. The molecule has 1 atom stereocenters. The topological polar surface area (TPSA) is 60.5 Å². The number of benzene rings is 2. The van der Waals surface area contributed by atoms with Gasteiger partial charge in [0.2, 0.25) is 0 Å². The van der Waals surface area contributed by atoms with Crippen molar-refractivity contribution in [2.24, 2.45) is 0 Å². The van der Waals surface area contributed by atoms with E-state index in [4.69, 9.17) is 9.47 Å². The van der Waals surface area contributed by atoms with E-state index in [-0.39, 0.29) is 12.0 Å². The maximum atomic E-state index is 12.5. The van der Waals surface area contributed by atoms with Crippen molar-refractivity contribution in [1.29, 1.82) is 0 Å². The molecule has 1 amide bonds. The van der Waals surface area contributed by atoms with Crippen LogP contribution in [0.15, 0.2) is 60.7 Å². The Labute approximate surface area is 152 Å². The maximum Gasteiger partial charge on any atom is 0.256 e. The summed E-state index contributed by atoms with van der Waals surface area (Å²) >= 11 is 0. The first-order chi connectivity index (χ1) is 12.8. The molecule has 5 heteroatoms. The second kappa shape index (κ2) is 7.54. The Morgan fingerprint density at radius 1 is 1.15 bits per heavy atom. The molecule has 4 rings (SSSR count). The van der Waals surface area contributed by atoms with Crippen LogP contribution in [0.4, 0.5) is 5.82 Å². The Kier molecular flexibility index (Phi) is 4.80. The highest BCUT2D eigenvalue weighted by Crippen LogP contribution is 2.19. The number of hydrogen-bond acceptors (Lipinski definition) is 4. The molecule has 132 valence electrons. The predicted molar refractivity (Wildman–Crippen MR) is 101 cm³/mol. The summed E-state index contributed by atoms with van der Waals surface area (Å²) in [5.74, 6) is 0.981. The Balaban J connectivity index is 1.44. The third-order valence-electron chi connectivity index (χ3n) is 4.40. The lowest BCUT2D eigenvalue weighted by molar-refractivity contribution is 0.0679. The number of para-hydroxylation sites is 1. The average molecular weight is 348 g/mol. The van der Waals surface area contributed by atoms with Crippen LogP contribution in [0.1, 0.15) is 23.2 Å². The number of anilines is 1. The zero-order chi connectivity index (χ0) is 17.8. The van der Waals surface area contributed by atoms with Gasteiger partial charge in [0.1, 0.15) is 18.2 Å². The molecule has 1 aromatic heterocycles. The van der Waals surface area contributed by atoms with Gasteiger partial charge in [0, 0.05) is 17.6 Å². The monoisotopic (exact) mass is 348 g/mol. The van der Waals surface area contributed by atoms with Gasteiger partial charge in [-0.25, -0.2) is 4.98 Å². The van der Waals surface area contributed by atoms with E-state index >= 15 is 0 Å². The molecule has 5 nitrogen and oxygen atoms in total. The van der Waals surface area contributed by atoms with Crippen molar-refractivity contribution in [1.82, 2.24) is 4.98 Å². The normalized spacial score (nSPS) is 16.5. The molecule has 0 radical (unpaired) electrons. The molecule has 26 heavy (non-hydrogen) atoms. The predicted octanol–water partition coefficient (Wildman–Crippen LogP) is 4.04. The SMILES string of the molecule is O=C(Nc1ccc2ccccc2n1)c1cccc(OC[C@@H]2CCCO2)c1. The number of nitrogens with one attached hydrogen (secondary N) is 1. The van der Waals surface area contributed by atoms with Crippen molar-refractivity contribution in [3.05, 3.63) is 66.2 Å². The Bertz CT molecular complexity index is 920. The van der Waals surface area contributed by atoms with Gasteiger partial charge in [-0.3, -0.25) is 4.79 Å². The number of pyridine rings is 1. The zero-order valence-corrected chi connectivity index (χ0v) is 14.4. The van der Waals surface area contributed by atoms with Gasteiger partial charge in [-0.2, -0.15) is 0 Å². The van der Waals surface area contributed by atoms with Crippen molar-refractivity contribution in [3.63, 3.8) is 0 Å². The summed E-state index contributed by atoms with van der Waals surface area (Å²) in [6, 6.07) is 18.7. The van der Waals surface area contributed by atoms with Crippen molar-refractivity contribution >= 4 is 22.6 Å². The first-order valence-corrected chi connectivity index (χ1v) is 8.79. The minimum absolute atomic E-state index is 0.147. The van der Waals surface area contributed by atoms with Crippen LogP contribution in [0.2, 0.25) is 0 Å². The van der Waals surface area contributed by atoms with E-state index in [1.807, 2.05) is 42.5 Å². The van der Waals surface area contributed by atoms with Gasteiger partial charge in [0.05, 0.1) is 11.6 Å². The fourth-order valence-electron chi connectivity index (χ4n) is 3.02. The molecule has 0 bridgehead atoms. The number of nitrogens with zero attached hydrogens (tertiary/aromatic N) is 1. The summed E-state index contributed by atoms with van der Waals surface area (Å²) in [4.78, 5) is 17.0. The minimum atomic E-state index is -0.213. The number of rotatable bonds is 5. The summed E-state index contributed by atoms with van der Waals surface area (Å²) in [7, 11) is 0. The highest BCUT2D eigenvalue weighted by atomic mass is 16.5. The van der Waals surface area contributed by atoms with Crippen LogP contribution in [-0.4, -0.2) is 30.2 Å². The summed E-state index contributed by atoms with van der Waals surface area (Å²) in [6.45, 7) is 1.31. The molecule has 1 N–H and O–H groups in total. The van der Waals surface area contributed by atoms with E-state index in [1.165, 1.54) is 0 Å². The molecular weight excluding hydrogens is 328 g/mol. The number of hydrogen-bond donors (Lipinski definition) is 1. The van der Waals surface area contributed by atoms with E-state index in [2.05, 4.69) is 10.3 Å². The van der Waals surface area contributed by atoms with Crippen molar-refractivity contribution in [3.8, 4) is 5.75 Å². The summed E-state index contributed by atoms with van der Waals surface area (Å²) in [6.07, 6.45) is 2.25. The third-order valence-corrected chi connectivity index (χ3v) is 4.40. The van der Waals surface area contributed by atoms with Crippen LogP contribution in [0.5, 0.6) is 5.75 Å². The molecule has 0 spiro atoms. The van der Waals surface area contributed by atoms with Crippen LogP contribution >= 0.6 is 0 Å². The van der Waals surface area contributed by atoms with E-state index < -0.39 is 0 Å². The molecule has 2 heterocycles. The van der Waals surface area contributed by atoms with E-state index in [0.29, 0.717) is 23.7 Å². The molecule has 0 saturated carbocycles. The standard InChI is InChI=1S/C21H20N2O3/c24-21(23-20-11-10-15-5-1-2-9-19(15)22-20)16-6-3-7-17(13-16)26-14-18-8-4-12-25-18/h1-3,5-7,9-11,13,18H,4,8,12,14H2,(H,22,23,24)/t18-/m0/s1. The largest absolute Gasteiger partial charge is 0.491 e. The van der Waals surface area contributed by atoms with Crippen molar-refractivity contribution in [2.75, 3.05) is 18.5 Å². The number of carbonyl (C=O) groups excluding carboxylic acids is 1. The average Bonchev–Trinajstić information content (AvgIpc) is 3.20. The molecular formula is C21H20N2O3. The minimum Gasteiger partial charge on any atom is -0.491 e. The highest BCUT2D eigenvalue weighted by molar-refractivity contribution is 6.04. The zero-order valence-electron chi connectivity index (χ0n) is 14.4. The Hall–Kier alpha value is -2.92. The molecule has 1 fully saturated rings. The van der Waals surface area contributed by atoms with E-state index in [0.717, 1.165) is 30.4 Å². The van der Waals surface area contributed by atoms with Gasteiger partial charge in [-0.05, 0) is 49.2 Å². The first kappa shape index (κ1) is 16.5. The van der Waals surface area contributed by atoms with Crippen LogP contribution in [0.3, 0.4) is 0 Å². The Morgan fingerprint density at radius 3 is 2.96 bits per heavy atom. The fourth-order valence-corrected chi connectivity index (χ4v) is 3.02. The lowest BCUT2D eigenvalue weighted by atomic mass is 10.2. The van der Waals surface area contributed by atoms with E-state index in [1.54, 1.807) is 18.2 Å². The van der Waals surface area contributed by atoms with Crippen LogP contribution < -0.4 is 10.1 Å². The van der Waals surface area contributed by atoms with Gasteiger partial charge in [0.15, 0.2) is 0 Å². The second-order valence-corrected chi connectivity index (χ2v) is 6.32. The second-order valence-electron chi connectivity index (χ2n) is 6.32. The third kappa shape index (κ3) is 3.83. The highest BCUT2D eigenvalue weighted by Gasteiger charge is 2.16. The lowest BCUT2D eigenvalue weighted by Gasteiger charge is -2.12. The smallest absolute Gasteiger partial charge is 0.256 e. The van der Waals surface area contributed by atoms with Crippen molar-refractivity contribution in [2.45, 2.75) is 18.9 Å². The van der Waals surface area contributed by atoms with Gasteiger partial charge < -0.3 is 14.8 Å². The molecule has 1 aliphatic heterocycles. The van der Waals surface area contributed by atoms with Crippen LogP contribution in [0.25, 0.3) is 10.9 Å².